The highest BCUT2D eigenvalue weighted by molar-refractivity contribution is 5.85. The molecule has 2 aromatic rings. The summed E-state index contributed by atoms with van der Waals surface area (Å²) in [6.07, 6.45) is 2.04. The zero-order valence-electron chi connectivity index (χ0n) is 11.1. The first-order valence-corrected chi connectivity index (χ1v) is 6.10. The first-order chi connectivity index (χ1) is 9.95. The molecule has 0 unspecified atom stereocenters. The molecule has 3 nitrogen and oxygen atoms in total. The number of aliphatic carboxylic acids is 1. The Morgan fingerprint density at radius 1 is 1.14 bits per heavy atom. The van der Waals surface area contributed by atoms with E-state index in [4.69, 9.17) is 9.84 Å². The van der Waals surface area contributed by atoms with E-state index >= 15 is 0 Å². The van der Waals surface area contributed by atoms with E-state index in [-0.39, 0.29) is 17.1 Å². The van der Waals surface area contributed by atoms with Crippen LogP contribution in [0.15, 0.2) is 42.5 Å². The van der Waals surface area contributed by atoms with E-state index in [1.165, 1.54) is 24.3 Å². The lowest BCUT2D eigenvalue weighted by atomic mass is 10.1. The topological polar surface area (TPSA) is 46.5 Å². The second-order valence-corrected chi connectivity index (χ2v) is 4.39. The van der Waals surface area contributed by atoms with E-state index in [2.05, 4.69) is 0 Å². The van der Waals surface area contributed by atoms with Crippen LogP contribution in [0.2, 0.25) is 0 Å². The Morgan fingerprint density at radius 3 is 2.62 bits per heavy atom. The molecule has 0 radical (unpaired) electrons. The van der Waals surface area contributed by atoms with Crippen LogP contribution in [0.3, 0.4) is 0 Å². The molecule has 0 amide bonds. The molecule has 5 heteroatoms. The standard InChI is InChI=1S/C16H12F2O3/c1-10-2-5-13(18)15(8-10)21-14-6-4-12(17)9-11(14)3-7-16(19)20/h2-9H,1H3,(H,19,20). The van der Waals surface area contributed by atoms with Crippen LogP contribution in [0.4, 0.5) is 8.78 Å². The van der Waals surface area contributed by atoms with Crippen molar-refractivity contribution in [1.29, 1.82) is 0 Å². The Balaban J connectivity index is 2.39. The molecule has 0 saturated heterocycles. The average molecular weight is 290 g/mol. The molecule has 21 heavy (non-hydrogen) atoms. The predicted molar refractivity (Wildman–Crippen MR) is 74.3 cm³/mol. The molecule has 1 N–H and O–H groups in total. The van der Waals surface area contributed by atoms with E-state index in [0.717, 1.165) is 23.8 Å². The number of hydrogen-bond donors (Lipinski definition) is 1. The third kappa shape index (κ3) is 3.89. The van der Waals surface area contributed by atoms with Gasteiger partial charge in [0.2, 0.25) is 0 Å². The van der Waals surface area contributed by atoms with Crippen molar-refractivity contribution in [3.8, 4) is 11.5 Å². The van der Waals surface area contributed by atoms with Gasteiger partial charge in [-0.05, 0) is 48.9 Å². The van der Waals surface area contributed by atoms with Gasteiger partial charge in [0.05, 0.1) is 0 Å². The van der Waals surface area contributed by atoms with Crippen molar-refractivity contribution >= 4 is 12.0 Å². The molecule has 0 aliphatic rings. The fourth-order valence-corrected chi connectivity index (χ4v) is 1.71. The summed E-state index contributed by atoms with van der Waals surface area (Å²) in [5.74, 6) is -2.12. The molecule has 108 valence electrons. The van der Waals surface area contributed by atoms with E-state index in [0.29, 0.717) is 0 Å². The summed E-state index contributed by atoms with van der Waals surface area (Å²) in [5, 5.41) is 8.62. The number of carboxylic acids is 1. The fourth-order valence-electron chi connectivity index (χ4n) is 1.71. The van der Waals surface area contributed by atoms with Crippen molar-refractivity contribution in [2.24, 2.45) is 0 Å². The summed E-state index contributed by atoms with van der Waals surface area (Å²) in [4.78, 5) is 10.5. The van der Waals surface area contributed by atoms with Crippen LogP contribution < -0.4 is 4.74 Å². The van der Waals surface area contributed by atoms with Gasteiger partial charge in [0, 0.05) is 11.6 Å². The van der Waals surface area contributed by atoms with Gasteiger partial charge >= 0.3 is 5.97 Å². The number of rotatable bonds is 4. The number of hydrogen-bond acceptors (Lipinski definition) is 2. The van der Waals surface area contributed by atoms with Crippen LogP contribution in [0, 0.1) is 18.6 Å². The SMILES string of the molecule is Cc1ccc(F)c(Oc2ccc(F)cc2C=CC(=O)O)c1. The van der Waals surface area contributed by atoms with Gasteiger partial charge in [-0.15, -0.1) is 0 Å². The predicted octanol–water partition coefficient (Wildman–Crippen LogP) is 4.16. The highest BCUT2D eigenvalue weighted by Crippen LogP contribution is 2.29. The minimum atomic E-state index is -1.17. The van der Waals surface area contributed by atoms with Gasteiger partial charge in [0.15, 0.2) is 11.6 Å². The summed E-state index contributed by atoms with van der Waals surface area (Å²) in [7, 11) is 0. The van der Waals surface area contributed by atoms with Gasteiger partial charge in [-0.3, -0.25) is 0 Å². The molecule has 0 bridgehead atoms. The van der Waals surface area contributed by atoms with Gasteiger partial charge in [-0.2, -0.15) is 0 Å². The Morgan fingerprint density at radius 2 is 1.90 bits per heavy atom. The largest absolute Gasteiger partial charge is 0.478 e. The molecule has 2 aromatic carbocycles. The number of halogens is 2. The maximum atomic E-state index is 13.7. The second kappa shape index (κ2) is 6.17. The molecule has 0 aromatic heterocycles. The number of carboxylic acid groups (broad SMARTS) is 1. The van der Waals surface area contributed by atoms with Crippen molar-refractivity contribution in [2.45, 2.75) is 6.92 Å². The normalized spacial score (nSPS) is 10.8. The van der Waals surface area contributed by atoms with Crippen LogP contribution >= 0.6 is 0 Å². The third-order valence-corrected chi connectivity index (χ3v) is 2.68. The second-order valence-electron chi connectivity index (χ2n) is 4.39. The molecule has 2 rings (SSSR count). The van der Waals surface area contributed by atoms with Gasteiger partial charge in [-0.25, -0.2) is 13.6 Å². The van der Waals surface area contributed by atoms with E-state index in [1.807, 2.05) is 0 Å². The molecule has 0 saturated carbocycles. The molecule has 0 aliphatic carbocycles. The minimum absolute atomic E-state index is 0.00779. The van der Waals surface area contributed by atoms with Crippen LogP contribution in [-0.2, 0) is 4.79 Å². The van der Waals surface area contributed by atoms with E-state index in [1.54, 1.807) is 13.0 Å². The molecule has 0 aliphatic heterocycles. The van der Waals surface area contributed by atoms with Crippen molar-refractivity contribution in [2.75, 3.05) is 0 Å². The maximum absolute atomic E-state index is 13.7. The third-order valence-electron chi connectivity index (χ3n) is 2.68. The summed E-state index contributed by atoms with van der Waals surface area (Å²) in [5.41, 5.74) is 1.01. The lowest BCUT2D eigenvalue weighted by Gasteiger charge is -2.10. The Labute approximate surface area is 120 Å². The van der Waals surface area contributed by atoms with Crippen molar-refractivity contribution < 1.29 is 23.4 Å². The lowest BCUT2D eigenvalue weighted by Crippen LogP contribution is -1.93. The first-order valence-electron chi connectivity index (χ1n) is 6.10. The average Bonchev–Trinajstić information content (AvgIpc) is 2.43. The summed E-state index contributed by atoms with van der Waals surface area (Å²) < 4.78 is 32.3. The van der Waals surface area contributed by atoms with Crippen molar-refractivity contribution in [3.05, 3.63) is 65.2 Å². The zero-order chi connectivity index (χ0) is 15.4. The van der Waals surface area contributed by atoms with E-state index < -0.39 is 17.6 Å². The number of carbonyl (C=O) groups is 1. The quantitative estimate of drug-likeness (QED) is 0.860. The summed E-state index contributed by atoms with van der Waals surface area (Å²) in [6.45, 7) is 1.78. The fraction of sp³-hybridized carbons (Fsp3) is 0.0625. The molecule has 0 atom stereocenters. The van der Waals surface area contributed by atoms with Gasteiger partial charge in [0.1, 0.15) is 11.6 Å². The summed E-state index contributed by atoms with van der Waals surface area (Å²) in [6, 6.07) is 7.95. The number of ether oxygens (including phenoxy) is 1. The Kier molecular flexibility index (Phi) is 4.33. The highest BCUT2D eigenvalue weighted by Gasteiger charge is 2.09. The minimum Gasteiger partial charge on any atom is -0.478 e. The van der Waals surface area contributed by atoms with Crippen molar-refractivity contribution in [3.63, 3.8) is 0 Å². The van der Waals surface area contributed by atoms with Crippen LogP contribution in [-0.4, -0.2) is 11.1 Å². The van der Waals surface area contributed by atoms with Crippen LogP contribution in [0.5, 0.6) is 11.5 Å². The first kappa shape index (κ1) is 14.7. The Hall–Kier alpha value is -2.69. The summed E-state index contributed by atoms with van der Waals surface area (Å²) >= 11 is 0. The van der Waals surface area contributed by atoms with Gasteiger partial charge in [0.25, 0.3) is 0 Å². The van der Waals surface area contributed by atoms with Crippen LogP contribution in [0.25, 0.3) is 6.08 Å². The lowest BCUT2D eigenvalue weighted by molar-refractivity contribution is -0.131. The van der Waals surface area contributed by atoms with Gasteiger partial charge < -0.3 is 9.84 Å². The Bertz CT molecular complexity index is 709. The molecule has 0 fully saturated rings. The molecular formula is C16H12F2O3. The monoisotopic (exact) mass is 290 g/mol. The maximum Gasteiger partial charge on any atom is 0.328 e. The van der Waals surface area contributed by atoms with Crippen molar-refractivity contribution in [1.82, 2.24) is 0 Å². The van der Waals surface area contributed by atoms with Crippen LogP contribution in [0.1, 0.15) is 11.1 Å². The highest BCUT2D eigenvalue weighted by atomic mass is 19.1. The number of aryl methyl sites for hydroxylation is 1. The van der Waals surface area contributed by atoms with E-state index in [9.17, 15) is 13.6 Å². The molecule has 0 heterocycles. The zero-order valence-corrected chi connectivity index (χ0v) is 11.1. The molecule has 0 spiro atoms. The number of benzene rings is 2. The smallest absolute Gasteiger partial charge is 0.328 e. The molecular weight excluding hydrogens is 278 g/mol. The van der Waals surface area contributed by atoms with Gasteiger partial charge in [-0.1, -0.05) is 6.07 Å².